The van der Waals surface area contributed by atoms with E-state index in [2.05, 4.69) is 21.2 Å². The molecule has 3 unspecified atom stereocenters. The van der Waals surface area contributed by atoms with Gasteiger partial charge >= 0.3 is 0 Å². The molecule has 2 bridgehead atoms. The van der Waals surface area contributed by atoms with Crippen molar-refractivity contribution in [2.45, 2.75) is 31.5 Å². The molecule has 1 fully saturated rings. The van der Waals surface area contributed by atoms with Gasteiger partial charge in [-0.15, -0.1) is 0 Å². The Morgan fingerprint density at radius 2 is 1.86 bits per heavy atom. The first-order chi connectivity index (χ1) is 13.5. The van der Waals surface area contributed by atoms with E-state index in [0.717, 1.165) is 10.0 Å². The summed E-state index contributed by atoms with van der Waals surface area (Å²) < 4.78 is 0.806. The van der Waals surface area contributed by atoms with Crippen molar-refractivity contribution in [1.82, 2.24) is 4.90 Å². The fourth-order valence-corrected chi connectivity index (χ4v) is 4.33. The summed E-state index contributed by atoms with van der Waals surface area (Å²) in [6, 6.07) is 16.8. The quantitative estimate of drug-likeness (QED) is 0.764. The van der Waals surface area contributed by atoms with E-state index in [0.29, 0.717) is 30.6 Å². The lowest BCUT2D eigenvalue weighted by molar-refractivity contribution is -0.133. The van der Waals surface area contributed by atoms with Crippen LogP contribution in [-0.2, 0) is 16.1 Å². The van der Waals surface area contributed by atoms with Gasteiger partial charge in [0.25, 0.3) is 5.91 Å². The number of aliphatic hydroxyl groups is 1. The van der Waals surface area contributed by atoms with E-state index in [1.54, 1.807) is 11.0 Å². The molecule has 2 aromatic rings. The maximum Gasteiger partial charge on any atom is 0.251 e. The number of anilines is 1. The van der Waals surface area contributed by atoms with Crippen molar-refractivity contribution in [3.05, 3.63) is 76.3 Å². The molecule has 5 nitrogen and oxygen atoms in total. The van der Waals surface area contributed by atoms with Crippen LogP contribution in [0, 0.1) is 5.92 Å². The van der Waals surface area contributed by atoms with Crippen LogP contribution in [0.3, 0.4) is 0 Å². The lowest BCUT2D eigenvalue weighted by Gasteiger charge is -2.27. The highest BCUT2D eigenvalue weighted by molar-refractivity contribution is 9.10. The predicted octanol–water partition coefficient (Wildman–Crippen LogP) is 3.50. The molecular weight excluding hydrogens is 420 g/mol. The topological polar surface area (TPSA) is 69.6 Å². The molecule has 0 aromatic heterocycles. The van der Waals surface area contributed by atoms with Crippen LogP contribution in [0.4, 0.5) is 5.69 Å². The van der Waals surface area contributed by atoms with Crippen molar-refractivity contribution in [3.63, 3.8) is 0 Å². The van der Waals surface area contributed by atoms with Crippen molar-refractivity contribution < 1.29 is 14.7 Å². The molecule has 1 aliphatic carbocycles. The number of hydrogen-bond donors (Lipinski definition) is 2. The Kier molecular flexibility index (Phi) is 5.33. The molecule has 0 saturated carbocycles. The number of nitrogens with zero attached hydrogens (tertiary/aromatic N) is 1. The van der Waals surface area contributed by atoms with Crippen LogP contribution in [0.5, 0.6) is 0 Å². The van der Waals surface area contributed by atoms with E-state index in [1.807, 2.05) is 54.6 Å². The smallest absolute Gasteiger partial charge is 0.251 e. The zero-order valence-electron chi connectivity index (χ0n) is 15.2. The number of para-hydroxylation sites is 1. The maximum atomic E-state index is 12.8. The van der Waals surface area contributed by atoms with Gasteiger partial charge in [-0.25, -0.2) is 0 Å². The summed E-state index contributed by atoms with van der Waals surface area (Å²) in [5, 5.41) is 13.6. The minimum absolute atomic E-state index is 0.0390. The van der Waals surface area contributed by atoms with Crippen LogP contribution in [0.25, 0.3) is 0 Å². The standard InChI is InChI=1S/C22H21BrN2O3/c23-17-8-4-5-9-18(17)24-21(27)15-10-11-16-20(26)19(12-15)25(22(16)28)13-14-6-2-1-3-7-14/h1-10,16,19-20,26H,11-13H2,(H,24,27). The number of nitrogens with one attached hydrogen (secondary N) is 1. The average Bonchev–Trinajstić information content (AvgIpc) is 2.82. The summed E-state index contributed by atoms with van der Waals surface area (Å²) in [5.74, 6) is -0.718. The first-order valence-electron chi connectivity index (χ1n) is 9.32. The molecule has 3 atom stereocenters. The Labute approximate surface area is 172 Å². The number of aliphatic hydroxyl groups excluding tert-OH is 1. The number of carbonyl (C=O) groups excluding carboxylic acids is 2. The number of amides is 2. The molecule has 2 amide bonds. The third kappa shape index (κ3) is 3.62. The number of rotatable bonds is 4. The second kappa shape index (κ2) is 7.89. The van der Waals surface area contributed by atoms with E-state index >= 15 is 0 Å². The van der Waals surface area contributed by atoms with E-state index < -0.39 is 18.1 Å². The Morgan fingerprint density at radius 3 is 2.61 bits per heavy atom. The number of benzene rings is 2. The van der Waals surface area contributed by atoms with Gasteiger partial charge in [-0.3, -0.25) is 9.59 Å². The van der Waals surface area contributed by atoms with Gasteiger partial charge in [0.15, 0.2) is 0 Å². The van der Waals surface area contributed by atoms with Crippen LogP contribution in [0.1, 0.15) is 18.4 Å². The molecule has 1 heterocycles. The number of carbonyl (C=O) groups is 2. The molecule has 6 heteroatoms. The normalized spacial score (nSPS) is 23.9. The van der Waals surface area contributed by atoms with Gasteiger partial charge in [-0.05, 0) is 40.0 Å². The van der Waals surface area contributed by atoms with Crippen molar-refractivity contribution in [2.75, 3.05) is 5.32 Å². The highest BCUT2D eigenvalue weighted by atomic mass is 79.9. The number of allylic oxidation sites excluding steroid dienone is 1. The third-order valence-corrected chi connectivity index (χ3v) is 6.16. The summed E-state index contributed by atoms with van der Waals surface area (Å²) in [7, 11) is 0. The highest BCUT2D eigenvalue weighted by Crippen LogP contribution is 2.36. The first-order valence-corrected chi connectivity index (χ1v) is 10.1. The fraction of sp³-hybridized carbons (Fsp3) is 0.273. The van der Waals surface area contributed by atoms with Gasteiger partial charge < -0.3 is 15.3 Å². The molecule has 1 saturated heterocycles. The molecule has 2 aromatic carbocycles. The number of halogens is 1. The zero-order chi connectivity index (χ0) is 19.7. The summed E-state index contributed by atoms with van der Waals surface area (Å²) >= 11 is 3.43. The van der Waals surface area contributed by atoms with Crippen LogP contribution in [-0.4, -0.2) is 34.0 Å². The number of fused-ring (bicyclic) bond motifs is 2. The predicted molar refractivity (Wildman–Crippen MR) is 110 cm³/mol. The van der Waals surface area contributed by atoms with Crippen molar-refractivity contribution in [2.24, 2.45) is 5.92 Å². The summed E-state index contributed by atoms with van der Waals surface area (Å²) in [6.07, 6.45) is 1.76. The van der Waals surface area contributed by atoms with Crippen LogP contribution in [0.2, 0.25) is 0 Å². The third-order valence-electron chi connectivity index (χ3n) is 5.46. The molecule has 2 N–H and O–H groups in total. The monoisotopic (exact) mass is 440 g/mol. The first kappa shape index (κ1) is 18.9. The highest BCUT2D eigenvalue weighted by Gasteiger charge is 2.48. The molecule has 144 valence electrons. The largest absolute Gasteiger partial charge is 0.390 e. The zero-order valence-corrected chi connectivity index (χ0v) is 16.8. The Morgan fingerprint density at radius 1 is 1.14 bits per heavy atom. The molecular formula is C22H21BrN2O3. The summed E-state index contributed by atoms with van der Waals surface area (Å²) in [5.41, 5.74) is 2.31. The fourth-order valence-electron chi connectivity index (χ4n) is 3.95. The second-order valence-corrected chi connectivity index (χ2v) is 8.07. The lowest BCUT2D eigenvalue weighted by atomic mass is 9.99. The minimum atomic E-state index is -0.763. The van der Waals surface area contributed by atoms with Gasteiger partial charge in [0.1, 0.15) is 0 Å². The maximum absolute atomic E-state index is 12.8. The van der Waals surface area contributed by atoms with E-state index in [4.69, 9.17) is 0 Å². The summed E-state index contributed by atoms with van der Waals surface area (Å²) in [6.45, 7) is 0.442. The van der Waals surface area contributed by atoms with Crippen LogP contribution >= 0.6 is 15.9 Å². The van der Waals surface area contributed by atoms with E-state index in [-0.39, 0.29) is 11.8 Å². The Balaban J connectivity index is 1.54. The van der Waals surface area contributed by atoms with Gasteiger partial charge in [0, 0.05) is 23.0 Å². The second-order valence-electron chi connectivity index (χ2n) is 7.22. The summed E-state index contributed by atoms with van der Waals surface area (Å²) in [4.78, 5) is 27.3. The number of hydrogen-bond acceptors (Lipinski definition) is 3. The van der Waals surface area contributed by atoms with Gasteiger partial charge in [-0.2, -0.15) is 0 Å². The van der Waals surface area contributed by atoms with Crippen molar-refractivity contribution in [3.8, 4) is 0 Å². The Bertz CT molecular complexity index is 928. The van der Waals surface area contributed by atoms with E-state index in [9.17, 15) is 14.7 Å². The van der Waals surface area contributed by atoms with Crippen LogP contribution in [0.15, 0.2) is 70.7 Å². The SMILES string of the molecule is O=C(Nc1ccccc1Br)C1=CCC2C(=O)N(Cc3ccccc3)C(C1)C2O. The molecule has 0 spiro atoms. The molecule has 28 heavy (non-hydrogen) atoms. The van der Waals surface area contributed by atoms with Crippen molar-refractivity contribution in [1.29, 1.82) is 0 Å². The molecule has 4 rings (SSSR count). The molecule has 0 radical (unpaired) electrons. The lowest BCUT2D eigenvalue weighted by Crippen LogP contribution is -2.38. The van der Waals surface area contributed by atoms with Crippen LogP contribution < -0.4 is 5.32 Å². The number of likely N-dealkylation sites (tertiary alicyclic amines) is 1. The Hall–Kier alpha value is -2.44. The van der Waals surface area contributed by atoms with Gasteiger partial charge in [-0.1, -0.05) is 48.5 Å². The van der Waals surface area contributed by atoms with Gasteiger partial charge in [0.2, 0.25) is 5.91 Å². The van der Waals surface area contributed by atoms with E-state index in [1.165, 1.54) is 0 Å². The van der Waals surface area contributed by atoms with Gasteiger partial charge in [0.05, 0.1) is 23.8 Å². The molecule has 2 aliphatic rings. The van der Waals surface area contributed by atoms with Crippen molar-refractivity contribution >= 4 is 33.4 Å². The molecule has 1 aliphatic heterocycles. The average molecular weight is 441 g/mol. The minimum Gasteiger partial charge on any atom is -0.390 e.